The Hall–Kier alpha value is -2.98. The number of nitriles is 1. The molecule has 8 heteroatoms. The first kappa shape index (κ1) is 20.7. The van der Waals surface area contributed by atoms with Crippen molar-refractivity contribution in [1.29, 1.82) is 10.7 Å². The van der Waals surface area contributed by atoms with Crippen LogP contribution in [0.25, 0.3) is 0 Å². The third-order valence-corrected chi connectivity index (χ3v) is 5.60. The molecule has 3 rings (SSSR count). The van der Waals surface area contributed by atoms with Crippen LogP contribution in [-0.2, 0) is 16.3 Å². The number of amides is 1. The maximum Gasteiger partial charge on any atom is 0.270 e. The average molecular weight is 417 g/mol. The monoisotopic (exact) mass is 416 g/mol. The molecule has 29 heavy (non-hydrogen) atoms. The summed E-state index contributed by atoms with van der Waals surface area (Å²) < 4.78 is 27.2. The molecule has 1 amide bonds. The van der Waals surface area contributed by atoms with Crippen LogP contribution in [0.1, 0.15) is 42.0 Å². The van der Waals surface area contributed by atoms with Gasteiger partial charge in [0.2, 0.25) is 5.91 Å². The van der Waals surface area contributed by atoms with E-state index < -0.39 is 17.4 Å². The number of benzene rings is 2. The van der Waals surface area contributed by atoms with Gasteiger partial charge in [-0.1, -0.05) is 35.9 Å². The molecule has 1 saturated heterocycles. The summed E-state index contributed by atoms with van der Waals surface area (Å²) in [6.07, 6.45) is 0. The van der Waals surface area contributed by atoms with Crippen molar-refractivity contribution in [1.82, 2.24) is 10.2 Å². The summed E-state index contributed by atoms with van der Waals surface area (Å²) in [6, 6.07) is 12.3. The van der Waals surface area contributed by atoms with Gasteiger partial charge in [-0.2, -0.15) is 5.26 Å². The van der Waals surface area contributed by atoms with E-state index in [9.17, 15) is 18.8 Å². The summed E-state index contributed by atoms with van der Waals surface area (Å²) in [6.45, 7) is 2.52. The lowest BCUT2D eigenvalue weighted by atomic mass is 9.73. The topological polar surface area (TPSA) is 80.0 Å². The molecular weight excluding hydrogens is 398 g/mol. The highest BCUT2D eigenvalue weighted by Gasteiger charge is 2.49. The van der Waals surface area contributed by atoms with Gasteiger partial charge < -0.3 is 5.32 Å². The smallest absolute Gasteiger partial charge is 0.270 e. The van der Waals surface area contributed by atoms with Crippen LogP contribution in [0.3, 0.4) is 0 Å². The molecule has 1 fully saturated rings. The summed E-state index contributed by atoms with van der Waals surface area (Å²) >= 11 is 6.40. The highest BCUT2D eigenvalue weighted by molar-refractivity contribution is 6.31. The first-order chi connectivity index (χ1) is 13.5. The zero-order chi connectivity index (χ0) is 21.6. The summed E-state index contributed by atoms with van der Waals surface area (Å²) in [7, 11) is 1.46. The molecule has 0 aliphatic carbocycles. The van der Waals surface area contributed by atoms with Gasteiger partial charge in [0.15, 0.2) is 5.96 Å². The second-order valence-electron chi connectivity index (χ2n) is 7.32. The molecule has 1 aliphatic rings. The molecule has 2 aromatic carbocycles. The summed E-state index contributed by atoms with van der Waals surface area (Å²) in [5, 5.41) is 20.8. The molecule has 0 bridgehead atoms. The van der Waals surface area contributed by atoms with Crippen LogP contribution in [0.15, 0.2) is 42.5 Å². The van der Waals surface area contributed by atoms with E-state index >= 15 is 0 Å². The van der Waals surface area contributed by atoms with Gasteiger partial charge in [0, 0.05) is 24.6 Å². The van der Waals surface area contributed by atoms with Crippen LogP contribution in [0, 0.1) is 16.7 Å². The molecule has 0 radical (unpaired) electrons. The highest BCUT2D eigenvalue weighted by Crippen LogP contribution is 2.44. The van der Waals surface area contributed by atoms with Crippen LogP contribution in [0.2, 0.25) is 5.02 Å². The molecule has 0 unspecified atom stereocenters. The van der Waals surface area contributed by atoms with Crippen LogP contribution in [-0.4, -0.2) is 23.8 Å². The molecule has 150 valence electrons. The van der Waals surface area contributed by atoms with Gasteiger partial charge in [-0.05, 0) is 36.2 Å². The highest BCUT2D eigenvalue weighted by atomic mass is 35.5. The normalized spacial score (nSPS) is 22.2. The Kier molecular flexibility index (Phi) is 5.10. The third kappa shape index (κ3) is 3.56. The first-order valence-corrected chi connectivity index (χ1v) is 9.19. The van der Waals surface area contributed by atoms with Gasteiger partial charge in [0.1, 0.15) is 0 Å². The average Bonchev–Trinajstić information content (AvgIpc) is 2.66. The number of nitrogens with zero attached hydrogens (tertiary/aromatic N) is 2. The number of rotatable bonds is 3. The van der Waals surface area contributed by atoms with Crippen molar-refractivity contribution in [3.05, 3.63) is 69.7 Å². The van der Waals surface area contributed by atoms with E-state index in [-0.39, 0.29) is 17.4 Å². The van der Waals surface area contributed by atoms with E-state index in [1.807, 2.05) is 6.07 Å². The second kappa shape index (κ2) is 7.12. The maximum atomic E-state index is 13.6. The van der Waals surface area contributed by atoms with Crippen molar-refractivity contribution < 1.29 is 13.6 Å². The van der Waals surface area contributed by atoms with Crippen molar-refractivity contribution in [2.24, 2.45) is 0 Å². The Morgan fingerprint density at radius 3 is 2.45 bits per heavy atom. The van der Waals surface area contributed by atoms with E-state index in [4.69, 9.17) is 17.0 Å². The number of guanidine groups is 1. The van der Waals surface area contributed by atoms with E-state index in [0.717, 1.165) is 11.8 Å². The zero-order valence-electron chi connectivity index (χ0n) is 16.1. The third-order valence-electron chi connectivity index (χ3n) is 5.27. The Labute approximate surface area is 172 Å². The number of carbonyl (C=O) groups excluding carboxylic acids is 1. The minimum Gasteiger partial charge on any atom is -0.346 e. The predicted octanol–water partition coefficient (Wildman–Crippen LogP) is 4.32. The fraction of sp³-hybridized carbons (Fsp3) is 0.286. The van der Waals surface area contributed by atoms with Crippen molar-refractivity contribution >= 4 is 23.5 Å². The maximum absolute atomic E-state index is 13.6. The van der Waals surface area contributed by atoms with Gasteiger partial charge >= 0.3 is 0 Å². The van der Waals surface area contributed by atoms with E-state index in [2.05, 4.69) is 5.32 Å². The van der Waals surface area contributed by atoms with Crippen molar-refractivity contribution in [2.75, 3.05) is 7.05 Å². The molecule has 1 heterocycles. The Balaban J connectivity index is 2.19. The molecule has 0 saturated carbocycles. The molecule has 0 spiro atoms. The Morgan fingerprint density at radius 2 is 1.90 bits per heavy atom. The number of likely N-dealkylation sites (N-methyl/N-ethyl adjacent to an activating group) is 1. The second-order valence-corrected chi connectivity index (χ2v) is 7.73. The van der Waals surface area contributed by atoms with Crippen molar-refractivity contribution in [3.8, 4) is 6.07 Å². The Bertz CT molecular complexity index is 1030. The standard InChI is InChI=1S/C21H19ClF2N4O/c1-20(15-10-12(11-25)4-9-16(15)22)17(18(29)28(3)19(26)27-20)13-5-7-14(8-6-13)21(2,23)24/h4-10,17H,1-3H3,(H2,26,27)/t17-,20+/m0/s1. The van der Waals surface area contributed by atoms with Crippen LogP contribution < -0.4 is 5.32 Å². The number of hydrogen-bond donors (Lipinski definition) is 2. The van der Waals surface area contributed by atoms with Gasteiger partial charge in [-0.3, -0.25) is 15.1 Å². The molecule has 0 aromatic heterocycles. The molecular formula is C21H19ClF2N4O. The molecule has 1 aliphatic heterocycles. The van der Waals surface area contributed by atoms with Crippen LogP contribution >= 0.6 is 11.6 Å². The molecule has 2 aromatic rings. The molecule has 2 atom stereocenters. The van der Waals surface area contributed by atoms with Gasteiger partial charge in [-0.25, -0.2) is 8.78 Å². The fourth-order valence-electron chi connectivity index (χ4n) is 3.61. The number of nitrogens with one attached hydrogen (secondary N) is 2. The fourth-order valence-corrected chi connectivity index (χ4v) is 3.93. The van der Waals surface area contributed by atoms with Crippen LogP contribution in [0.5, 0.6) is 0 Å². The number of hydrogen-bond acceptors (Lipinski definition) is 3. The molecule has 2 N–H and O–H groups in total. The largest absolute Gasteiger partial charge is 0.346 e. The van der Waals surface area contributed by atoms with Crippen LogP contribution in [0.4, 0.5) is 8.78 Å². The van der Waals surface area contributed by atoms with E-state index in [1.54, 1.807) is 25.1 Å². The number of carbonyl (C=O) groups is 1. The van der Waals surface area contributed by atoms with Gasteiger partial charge in [0.25, 0.3) is 5.92 Å². The number of halogens is 3. The zero-order valence-corrected chi connectivity index (χ0v) is 16.8. The van der Waals surface area contributed by atoms with Gasteiger partial charge in [0.05, 0.1) is 23.1 Å². The lowest BCUT2D eigenvalue weighted by molar-refractivity contribution is -0.131. The lowest BCUT2D eigenvalue weighted by Crippen LogP contribution is -2.62. The van der Waals surface area contributed by atoms with Crippen molar-refractivity contribution in [2.45, 2.75) is 31.2 Å². The predicted molar refractivity (Wildman–Crippen MR) is 106 cm³/mol. The Morgan fingerprint density at radius 1 is 1.28 bits per heavy atom. The van der Waals surface area contributed by atoms with E-state index in [1.165, 1.54) is 31.3 Å². The van der Waals surface area contributed by atoms with E-state index in [0.29, 0.717) is 21.7 Å². The number of alkyl halides is 2. The first-order valence-electron chi connectivity index (χ1n) is 8.81. The summed E-state index contributed by atoms with van der Waals surface area (Å²) in [5.41, 5.74) is -0.00847. The molecule has 5 nitrogen and oxygen atoms in total. The SMILES string of the molecule is CN1C(=N)N[C@](C)(c2cc(C#N)ccc2Cl)[C@@H](c2ccc(C(C)(F)F)cc2)C1=O. The minimum absolute atomic E-state index is 0.121. The van der Waals surface area contributed by atoms with Gasteiger partial charge in [-0.15, -0.1) is 0 Å². The quantitative estimate of drug-likeness (QED) is 0.782. The minimum atomic E-state index is -3.00. The summed E-state index contributed by atoms with van der Waals surface area (Å²) in [4.78, 5) is 14.3. The summed E-state index contributed by atoms with van der Waals surface area (Å²) in [5.74, 6) is -4.36. The lowest BCUT2D eigenvalue weighted by Gasteiger charge is -2.46. The van der Waals surface area contributed by atoms with Crippen molar-refractivity contribution in [3.63, 3.8) is 0 Å².